The number of hydrogen-bond acceptors (Lipinski definition) is 3. The van der Waals surface area contributed by atoms with E-state index < -0.39 is 23.9 Å². The molecule has 6 heteroatoms. The van der Waals surface area contributed by atoms with Gasteiger partial charge in [0, 0.05) is 0 Å². The van der Waals surface area contributed by atoms with Crippen LogP contribution in [-0.4, -0.2) is 20.9 Å². The van der Waals surface area contributed by atoms with E-state index in [1.54, 1.807) is 0 Å². The molecule has 0 aliphatic rings. The zero-order valence-corrected chi connectivity index (χ0v) is 6.82. The van der Waals surface area contributed by atoms with Crippen molar-refractivity contribution in [3.05, 3.63) is 27.9 Å². The van der Waals surface area contributed by atoms with Crippen LogP contribution in [0.4, 0.5) is 4.39 Å². The van der Waals surface area contributed by atoms with Gasteiger partial charge in [-0.05, 0) is 6.92 Å². The average molecular weight is 186 g/mol. The van der Waals surface area contributed by atoms with Gasteiger partial charge in [0.05, 0.1) is 11.8 Å². The third-order valence-corrected chi connectivity index (χ3v) is 1.51. The minimum Gasteiger partial charge on any atom is -0.480 e. The predicted molar refractivity (Wildman–Crippen MR) is 40.8 cm³/mol. The smallest absolute Gasteiger partial charge is 0.325 e. The third-order valence-electron chi connectivity index (χ3n) is 1.51. The first-order valence-electron chi connectivity index (χ1n) is 3.46. The first kappa shape index (κ1) is 9.37. The van der Waals surface area contributed by atoms with Crippen molar-refractivity contribution in [1.82, 2.24) is 9.78 Å². The van der Waals surface area contributed by atoms with Crippen molar-refractivity contribution in [2.75, 3.05) is 0 Å². The molecule has 1 rings (SSSR count). The Balaban J connectivity index is 3.19. The van der Waals surface area contributed by atoms with Gasteiger partial charge in [-0.2, -0.15) is 5.10 Å². The van der Waals surface area contributed by atoms with Crippen molar-refractivity contribution >= 4 is 5.97 Å². The minimum absolute atomic E-state index is 0.128. The highest BCUT2D eigenvalue weighted by molar-refractivity contribution is 5.66. The van der Waals surface area contributed by atoms with Gasteiger partial charge >= 0.3 is 5.97 Å². The van der Waals surface area contributed by atoms with Crippen molar-refractivity contribution in [3.8, 4) is 0 Å². The number of carboxylic acid groups (broad SMARTS) is 1. The number of hydrogen-bond donors (Lipinski definition) is 1. The first-order chi connectivity index (χ1) is 6.02. The van der Waals surface area contributed by atoms with Crippen LogP contribution in [0.15, 0.2) is 11.0 Å². The van der Waals surface area contributed by atoms with Gasteiger partial charge in [0.15, 0.2) is 5.82 Å². The van der Waals surface area contributed by atoms with Gasteiger partial charge in [-0.25, -0.2) is 9.07 Å². The minimum atomic E-state index is -1.19. The molecule has 1 N–H and O–H groups in total. The van der Waals surface area contributed by atoms with Crippen LogP contribution in [0.1, 0.15) is 5.56 Å². The quantitative estimate of drug-likeness (QED) is 0.692. The lowest BCUT2D eigenvalue weighted by Gasteiger charge is -2.01. The van der Waals surface area contributed by atoms with Crippen LogP contribution >= 0.6 is 0 Å². The Morgan fingerprint density at radius 2 is 2.38 bits per heavy atom. The standard InChI is InChI=1S/C7H7FN2O3/c1-4-5(8)2-9-10(7(4)13)3-6(11)12/h2H,3H2,1H3,(H,11,12). The maximum Gasteiger partial charge on any atom is 0.325 e. The van der Waals surface area contributed by atoms with Crippen molar-refractivity contribution in [1.29, 1.82) is 0 Å². The topological polar surface area (TPSA) is 72.2 Å². The monoisotopic (exact) mass is 186 g/mol. The van der Waals surface area contributed by atoms with Gasteiger partial charge in [0.25, 0.3) is 5.56 Å². The molecular formula is C7H7FN2O3. The van der Waals surface area contributed by atoms with E-state index in [0.717, 1.165) is 6.20 Å². The van der Waals surface area contributed by atoms with E-state index in [0.29, 0.717) is 4.68 Å². The third kappa shape index (κ3) is 1.90. The molecule has 1 aromatic rings. The van der Waals surface area contributed by atoms with Crippen molar-refractivity contribution in [3.63, 3.8) is 0 Å². The lowest BCUT2D eigenvalue weighted by molar-refractivity contribution is -0.138. The Morgan fingerprint density at radius 3 is 2.92 bits per heavy atom. The van der Waals surface area contributed by atoms with Crippen molar-refractivity contribution < 1.29 is 14.3 Å². The van der Waals surface area contributed by atoms with Crippen molar-refractivity contribution in [2.24, 2.45) is 0 Å². The molecule has 5 nitrogen and oxygen atoms in total. The largest absolute Gasteiger partial charge is 0.480 e. The molecule has 0 atom stereocenters. The lowest BCUT2D eigenvalue weighted by Crippen LogP contribution is -2.28. The second kappa shape index (κ2) is 3.34. The van der Waals surface area contributed by atoms with Crippen LogP contribution in [0.25, 0.3) is 0 Å². The molecule has 0 aliphatic heterocycles. The van der Waals surface area contributed by atoms with E-state index in [-0.39, 0.29) is 5.56 Å². The zero-order chi connectivity index (χ0) is 10.0. The number of aliphatic carboxylic acids is 1. The fourth-order valence-corrected chi connectivity index (χ4v) is 0.806. The molecule has 0 bridgehead atoms. The number of carboxylic acids is 1. The fourth-order valence-electron chi connectivity index (χ4n) is 0.806. The summed E-state index contributed by atoms with van der Waals surface area (Å²) in [6, 6.07) is 0. The Hall–Kier alpha value is -1.72. The summed E-state index contributed by atoms with van der Waals surface area (Å²) in [5.41, 5.74) is -0.848. The highest BCUT2D eigenvalue weighted by Gasteiger charge is 2.08. The van der Waals surface area contributed by atoms with Crippen molar-refractivity contribution in [2.45, 2.75) is 13.5 Å². The second-order valence-electron chi connectivity index (χ2n) is 2.47. The van der Waals surface area contributed by atoms with Gasteiger partial charge in [0.2, 0.25) is 0 Å². The van der Waals surface area contributed by atoms with Crippen LogP contribution in [0.5, 0.6) is 0 Å². The molecule has 0 amide bonds. The normalized spacial score (nSPS) is 10.0. The highest BCUT2D eigenvalue weighted by atomic mass is 19.1. The maximum absolute atomic E-state index is 12.7. The summed E-state index contributed by atoms with van der Waals surface area (Å²) in [6.07, 6.45) is 0.819. The number of carbonyl (C=O) groups is 1. The molecule has 0 unspecified atom stereocenters. The van der Waals surface area contributed by atoms with Crippen LogP contribution in [0.2, 0.25) is 0 Å². The fraction of sp³-hybridized carbons (Fsp3) is 0.286. The summed E-state index contributed by atoms with van der Waals surface area (Å²) in [4.78, 5) is 21.3. The van der Waals surface area contributed by atoms with Gasteiger partial charge in [-0.3, -0.25) is 9.59 Å². The van der Waals surface area contributed by atoms with E-state index in [1.165, 1.54) is 6.92 Å². The van der Waals surface area contributed by atoms with E-state index in [1.807, 2.05) is 0 Å². The number of nitrogens with zero attached hydrogens (tertiary/aromatic N) is 2. The summed E-state index contributed by atoms with van der Waals surface area (Å²) in [7, 11) is 0. The first-order valence-corrected chi connectivity index (χ1v) is 3.46. The predicted octanol–water partition coefficient (Wildman–Crippen LogP) is -0.225. The molecule has 0 saturated carbocycles. The van der Waals surface area contributed by atoms with Gasteiger partial charge in [-0.15, -0.1) is 0 Å². The van der Waals surface area contributed by atoms with Crippen LogP contribution < -0.4 is 5.56 Å². The molecule has 0 radical (unpaired) electrons. The van der Waals surface area contributed by atoms with Gasteiger partial charge in [0.1, 0.15) is 6.54 Å². The van der Waals surface area contributed by atoms with E-state index >= 15 is 0 Å². The average Bonchev–Trinajstić information content (AvgIpc) is 2.06. The molecule has 0 aliphatic carbocycles. The van der Waals surface area contributed by atoms with Gasteiger partial charge < -0.3 is 5.11 Å². The Labute approximate surface area is 72.4 Å². The molecule has 1 heterocycles. The molecule has 0 fully saturated rings. The summed E-state index contributed by atoms with van der Waals surface area (Å²) >= 11 is 0. The maximum atomic E-state index is 12.7. The Bertz CT molecular complexity index is 399. The molecule has 13 heavy (non-hydrogen) atoms. The Kier molecular flexibility index (Phi) is 2.41. The van der Waals surface area contributed by atoms with E-state index in [2.05, 4.69) is 5.10 Å². The Morgan fingerprint density at radius 1 is 1.77 bits per heavy atom. The second-order valence-corrected chi connectivity index (χ2v) is 2.47. The number of aromatic nitrogens is 2. The summed E-state index contributed by atoms with van der Waals surface area (Å²) in [5, 5.41) is 11.7. The molecule has 0 spiro atoms. The lowest BCUT2D eigenvalue weighted by atomic mass is 10.3. The zero-order valence-electron chi connectivity index (χ0n) is 6.82. The highest BCUT2D eigenvalue weighted by Crippen LogP contribution is 1.95. The summed E-state index contributed by atoms with van der Waals surface area (Å²) in [5.74, 6) is -1.92. The van der Waals surface area contributed by atoms with Crippen LogP contribution in [-0.2, 0) is 11.3 Å². The molecule has 0 saturated heterocycles. The number of rotatable bonds is 2. The molecule has 0 aromatic carbocycles. The van der Waals surface area contributed by atoms with Crippen LogP contribution in [0.3, 0.4) is 0 Å². The summed E-state index contributed by atoms with van der Waals surface area (Å²) < 4.78 is 13.4. The van der Waals surface area contributed by atoms with E-state index in [9.17, 15) is 14.0 Å². The number of halogens is 1. The molecule has 1 aromatic heterocycles. The van der Waals surface area contributed by atoms with E-state index in [4.69, 9.17) is 5.11 Å². The molecular weight excluding hydrogens is 179 g/mol. The molecule has 70 valence electrons. The van der Waals surface area contributed by atoms with Gasteiger partial charge in [-0.1, -0.05) is 0 Å². The van der Waals surface area contributed by atoms with Crippen LogP contribution in [0, 0.1) is 12.7 Å². The SMILES string of the molecule is Cc1c(F)cnn(CC(=O)O)c1=O. The summed E-state index contributed by atoms with van der Waals surface area (Å²) in [6.45, 7) is 0.720.